The molecule has 0 bridgehead atoms. The number of hydrogen-bond acceptors (Lipinski definition) is 2. The molecule has 2 heterocycles. The Morgan fingerprint density at radius 2 is 2.31 bits per heavy atom. The SMILES string of the molecule is CCc1c[nH]c(=S)n1Cc1ccncc1C. The normalized spacial score (nSPS) is 10.6. The van der Waals surface area contributed by atoms with Crippen molar-refractivity contribution in [3.63, 3.8) is 0 Å². The molecule has 16 heavy (non-hydrogen) atoms. The molecule has 0 aromatic carbocycles. The predicted molar refractivity (Wildman–Crippen MR) is 67.1 cm³/mol. The molecule has 0 spiro atoms. The Labute approximate surface area is 100 Å². The van der Waals surface area contributed by atoms with Crippen molar-refractivity contribution in [1.82, 2.24) is 14.5 Å². The molecule has 0 unspecified atom stereocenters. The Kier molecular flexibility index (Phi) is 3.19. The highest BCUT2D eigenvalue weighted by Crippen LogP contribution is 2.11. The lowest BCUT2D eigenvalue weighted by Crippen LogP contribution is -2.05. The van der Waals surface area contributed by atoms with E-state index in [1.165, 1.54) is 16.8 Å². The Balaban J connectivity index is 2.37. The average Bonchev–Trinajstić information content (AvgIpc) is 2.63. The molecule has 0 amide bonds. The van der Waals surface area contributed by atoms with Crippen LogP contribution < -0.4 is 0 Å². The minimum absolute atomic E-state index is 0.785. The van der Waals surface area contributed by atoms with Gasteiger partial charge in [-0.1, -0.05) is 6.92 Å². The highest BCUT2D eigenvalue weighted by Gasteiger charge is 2.04. The van der Waals surface area contributed by atoms with Gasteiger partial charge in [0, 0.05) is 24.3 Å². The van der Waals surface area contributed by atoms with Crippen molar-refractivity contribution in [2.24, 2.45) is 0 Å². The average molecular weight is 233 g/mol. The van der Waals surface area contributed by atoms with Gasteiger partial charge in [-0.2, -0.15) is 0 Å². The van der Waals surface area contributed by atoms with Gasteiger partial charge >= 0.3 is 0 Å². The number of aromatic amines is 1. The van der Waals surface area contributed by atoms with E-state index >= 15 is 0 Å². The minimum atomic E-state index is 0.785. The van der Waals surface area contributed by atoms with Gasteiger partial charge in [0.05, 0.1) is 6.54 Å². The zero-order valence-electron chi connectivity index (χ0n) is 9.53. The number of imidazole rings is 1. The fourth-order valence-corrected chi connectivity index (χ4v) is 1.99. The molecule has 0 saturated heterocycles. The fourth-order valence-electron chi connectivity index (χ4n) is 1.75. The van der Waals surface area contributed by atoms with Crippen molar-refractivity contribution >= 4 is 12.2 Å². The first-order valence-corrected chi connectivity index (χ1v) is 5.79. The summed E-state index contributed by atoms with van der Waals surface area (Å²) < 4.78 is 2.92. The maximum absolute atomic E-state index is 5.27. The first kappa shape index (κ1) is 11.1. The number of aryl methyl sites for hydroxylation is 2. The van der Waals surface area contributed by atoms with Gasteiger partial charge in [0.1, 0.15) is 0 Å². The first-order chi connectivity index (χ1) is 7.72. The van der Waals surface area contributed by atoms with Crippen LogP contribution in [0.25, 0.3) is 0 Å². The Bertz CT molecular complexity index is 539. The summed E-state index contributed by atoms with van der Waals surface area (Å²) in [4.78, 5) is 7.19. The molecule has 4 heteroatoms. The van der Waals surface area contributed by atoms with Crippen LogP contribution in [0, 0.1) is 11.7 Å². The summed E-state index contributed by atoms with van der Waals surface area (Å²) >= 11 is 5.27. The van der Waals surface area contributed by atoms with E-state index in [0.29, 0.717) is 0 Å². The van der Waals surface area contributed by atoms with Gasteiger partial charge in [-0.05, 0) is 42.8 Å². The number of pyridine rings is 1. The molecule has 2 aromatic rings. The molecular formula is C12H15N3S. The molecule has 1 N–H and O–H groups in total. The molecule has 0 aliphatic rings. The molecule has 0 atom stereocenters. The molecule has 2 aromatic heterocycles. The lowest BCUT2D eigenvalue weighted by atomic mass is 10.1. The smallest absolute Gasteiger partial charge is 0.177 e. The Hall–Kier alpha value is -1.42. The Morgan fingerprint density at radius 1 is 1.50 bits per heavy atom. The second-order valence-electron chi connectivity index (χ2n) is 3.83. The van der Waals surface area contributed by atoms with Crippen LogP contribution in [0.3, 0.4) is 0 Å². The van der Waals surface area contributed by atoms with Gasteiger partial charge in [-0.25, -0.2) is 0 Å². The van der Waals surface area contributed by atoms with E-state index in [9.17, 15) is 0 Å². The van der Waals surface area contributed by atoms with Crippen LogP contribution in [0.1, 0.15) is 23.7 Å². The summed E-state index contributed by atoms with van der Waals surface area (Å²) in [5, 5.41) is 0. The Morgan fingerprint density at radius 3 is 3.00 bits per heavy atom. The third-order valence-electron chi connectivity index (χ3n) is 2.78. The second kappa shape index (κ2) is 4.61. The van der Waals surface area contributed by atoms with Gasteiger partial charge < -0.3 is 9.55 Å². The van der Waals surface area contributed by atoms with Crippen LogP contribution in [0.5, 0.6) is 0 Å². The van der Waals surface area contributed by atoms with Crippen molar-refractivity contribution in [2.45, 2.75) is 26.8 Å². The number of H-pyrrole nitrogens is 1. The molecule has 0 fully saturated rings. The first-order valence-electron chi connectivity index (χ1n) is 5.39. The summed E-state index contributed by atoms with van der Waals surface area (Å²) in [5.74, 6) is 0. The van der Waals surface area contributed by atoms with Gasteiger partial charge in [0.25, 0.3) is 0 Å². The van der Waals surface area contributed by atoms with Crippen molar-refractivity contribution in [2.75, 3.05) is 0 Å². The largest absolute Gasteiger partial charge is 0.337 e. The van der Waals surface area contributed by atoms with E-state index in [1.807, 2.05) is 24.7 Å². The summed E-state index contributed by atoms with van der Waals surface area (Å²) in [7, 11) is 0. The van der Waals surface area contributed by atoms with Crippen molar-refractivity contribution < 1.29 is 0 Å². The van der Waals surface area contributed by atoms with E-state index < -0.39 is 0 Å². The molecular weight excluding hydrogens is 218 g/mol. The lowest BCUT2D eigenvalue weighted by molar-refractivity contribution is 0.731. The van der Waals surface area contributed by atoms with Crippen LogP contribution in [-0.4, -0.2) is 14.5 Å². The molecule has 0 radical (unpaired) electrons. The number of hydrogen-bond donors (Lipinski definition) is 1. The summed E-state index contributed by atoms with van der Waals surface area (Å²) in [6, 6.07) is 2.05. The molecule has 0 aliphatic heterocycles. The van der Waals surface area contributed by atoms with Crippen molar-refractivity contribution in [1.29, 1.82) is 0 Å². The maximum atomic E-state index is 5.27. The summed E-state index contributed by atoms with van der Waals surface area (Å²) in [6.07, 6.45) is 6.68. The van der Waals surface area contributed by atoms with Gasteiger partial charge in [-0.15, -0.1) is 0 Å². The fraction of sp³-hybridized carbons (Fsp3) is 0.333. The van der Waals surface area contributed by atoms with Gasteiger partial charge in [-0.3, -0.25) is 4.98 Å². The number of nitrogens with one attached hydrogen (secondary N) is 1. The number of nitrogens with zero attached hydrogens (tertiary/aromatic N) is 2. The van der Waals surface area contributed by atoms with E-state index in [4.69, 9.17) is 12.2 Å². The van der Waals surface area contributed by atoms with E-state index in [2.05, 4.69) is 28.4 Å². The van der Waals surface area contributed by atoms with Gasteiger partial charge in [0.15, 0.2) is 4.77 Å². The second-order valence-corrected chi connectivity index (χ2v) is 4.21. The molecule has 2 rings (SSSR count). The van der Waals surface area contributed by atoms with Crippen LogP contribution in [0.2, 0.25) is 0 Å². The molecule has 0 aliphatic carbocycles. The zero-order chi connectivity index (χ0) is 11.5. The molecule has 0 saturated carbocycles. The monoisotopic (exact) mass is 233 g/mol. The summed E-state index contributed by atoms with van der Waals surface area (Å²) in [6.45, 7) is 5.03. The van der Waals surface area contributed by atoms with E-state index in [-0.39, 0.29) is 0 Å². The standard InChI is InChI=1S/C12H15N3S/c1-3-11-7-14-12(16)15(11)8-10-4-5-13-6-9(10)2/h4-7H,3,8H2,1-2H3,(H,14,16). The van der Waals surface area contributed by atoms with Crippen molar-refractivity contribution in [3.8, 4) is 0 Å². The highest BCUT2D eigenvalue weighted by atomic mass is 32.1. The third-order valence-corrected chi connectivity index (χ3v) is 3.12. The number of aromatic nitrogens is 3. The van der Waals surface area contributed by atoms with Crippen LogP contribution >= 0.6 is 12.2 Å². The van der Waals surface area contributed by atoms with Gasteiger partial charge in [0.2, 0.25) is 0 Å². The van der Waals surface area contributed by atoms with E-state index in [0.717, 1.165) is 17.7 Å². The lowest BCUT2D eigenvalue weighted by Gasteiger charge is -2.08. The zero-order valence-corrected chi connectivity index (χ0v) is 10.3. The van der Waals surface area contributed by atoms with Crippen LogP contribution in [0.15, 0.2) is 24.7 Å². The number of rotatable bonds is 3. The topological polar surface area (TPSA) is 33.6 Å². The minimum Gasteiger partial charge on any atom is -0.337 e. The third kappa shape index (κ3) is 2.07. The predicted octanol–water partition coefficient (Wildman–Crippen LogP) is 2.86. The maximum Gasteiger partial charge on any atom is 0.177 e. The van der Waals surface area contributed by atoms with Crippen molar-refractivity contribution in [3.05, 3.63) is 46.2 Å². The quantitative estimate of drug-likeness (QED) is 0.827. The van der Waals surface area contributed by atoms with Crippen LogP contribution in [-0.2, 0) is 13.0 Å². The summed E-state index contributed by atoms with van der Waals surface area (Å²) in [5.41, 5.74) is 3.70. The van der Waals surface area contributed by atoms with E-state index in [1.54, 1.807) is 0 Å². The molecule has 3 nitrogen and oxygen atoms in total. The highest BCUT2D eigenvalue weighted by molar-refractivity contribution is 7.71. The van der Waals surface area contributed by atoms with Crippen LogP contribution in [0.4, 0.5) is 0 Å². The molecule has 84 valence electrons.